The Morgan fingerprint density at radius 2 is 2.05 bits per heavy atom. The fourth-order valence-corrected chi connectivity index (χ4v) is 2.14. The Kier molecular flexibility index (Phi) is 5.18. The van der Waals surface area contributed by atoms with Crippen LogP contribution in [0.1, 0.15) is 19.4 Å². The molecule has 1 aromatic carbocycles. The Labute approximate surface area is 120 Å². The van der Waals surface area contributed by atoms with E-state index in [4.69, 9.17) is 4.74 Å². The molecule has 0 saturated carbocycles. The molecule has 1 aliphatic heterocycles. The molecule has 0 radical (unpaired) electrons. The van der Waals surface area contributed by atoms with Crippen molar-refractivity contribution in [3.05, 3.63) is 48.0 Å². The van der Waals surface area contributed by atoms with Gasteiger partial charge in [0.15, 0.2) is 0 Å². The van der Waals surface area contributed by atoms with Gasteiger partial charge in [0, 0.05) is 12.6 Å². The summed E-state index contributed by atoms with van der Waals surface area (Å²) in [5.41, 5.74) is 0.989. The molecule has 1 aliphatic rings. The van der Waals surface area contributed by atoms with Gasteiger partial charge in [-0.1, -0.05) is 49.4 Å². The third-order valence-corrected chi connectivity index (χ3v) is 3.51. The first-order valence-electron chi connectivity index (χ1n) is 7.04. The third-order valence-electron chi connectivity index (χ3n) is 3.51. The van der Waals surface area contributed by atoms with Crippen molar-refractivity contribution in [2.24, 2.45) is 5.92 Å². The molecule has 20 heavy (non-hydrogen) atoms. The van der Waals surface area contributed by atoms with Gasteiger partial charge in [0.2, 0.25) is 0 Å². The predicted octanol–water partition coefficient (Wildman–Crippen LogP) is 2.47. The van der Waals surface area contributed by atoms with E-state index < -0.39 is 0 Å². The molecule has 0 aromatic heterocycles. The molecule has 4 heteroatoms. The van der Waals surface area contributed by atoms with Crippen LogP contribution in [-0.4, -0.2) is 24.7 Å². The molecule has 4 nitrogen and oxygen atoms in total. The molecule has 0 saturated heterocycles. The van der Waals surface area contributed by atoms with E-state index in [0.717, 1.165) is 12.1 Å². The summed E-state index contributed by atoms with van der Waals surface area (Å²) in [7, 11) is 0. The second kappa shape index (κ2) is 7.10. The van der Waals surface area contributed by atoms with E-state index in [1.807, 2.05) is 30.3 Å². The summed E-state index contributed by atoms with van der Waals surface area (Å²) in [6.07, 6.45) is 3.89. The van der Waals surface area contributed by atoms with Crippen LogP contribution in [0.25, 0.3) is 0 Å². The number of nitrogens with one attached hydrogen (secondary N) is 2. The minimum absolute atomic E-state index is 0.0551. The highest BCUT2D eigenvalue weighted by molar-refractivity contribution is 5.67. The zero-order valence-corrected chi connectivity index (χ0v) is 12.0. The smallest absolute Gasteiger partial charge is 0.407 e. The van der Waals surface area contributed by atoms with Crippen molar-refractivity contribution in [1.82, 2.24) is 10.6 Å². The molecule has 1 heterocycles. The van der Waals surface area contributed by atoms with E-state index in [2.05, 4.69) is 36.6 Å². The molecule has 0 spiro atoms. The topological polar surface area (TPSA) is 50.4 Å². The van der Waals surface area contributed by atoms with Gasteiger partial charge in [0.05, 0.1) is 6.04 Å². The standard InChI is InChI=1S/C16H22N2O2/c1-12-8-9-13(2)17-10-15(12)18-16(19)20-11-14-6-4-3-5-7-14/h3-9,12-13,15,17H,10-11H2,1-2H3,(H,18,19)/t12-,13-,15-/m1/s1. The molecule has 1 aromatic rings. The Bertz CT molecular complexity index is 459. The lowest BCUT2D eigenvalue weighted by atomic mass is 10.0. The number of carbonyl (C=O) groups is 1. The van der Waals surface area contributed by atoms with Gasteiger partial charge in [-0.25, -0.2) is 4.79 Å². The number of alkyl carbamates (subject to hydrolysis) is 1. The van der Waals surface area contributed by atoms with Crippen LogP contribution < -0.4 is 10.6 Å². The quantitative estimate of drug-likeness (QED) is 0.833. The molecule has 0 fully saturated rings. The predicted molar refractivity (Wildman–Crippen MR) is 79.3 cm³/mol. The van der Waals surface area contributed by atoms with Gasteiger partial charge in [-0.3, -0.25) is 0 Å². The molecule has 0 bridgehead atoms. The first-order chi connectivity index (χ1) is 9.65. The zero-order valence-electron chi connectivity index (χ0n) is 12.0. The van der Waals surface area contributed by atoms with Crippen LogP contribution in [0.5, 0.6) is 0 Å². The van der Waals surface area contributed by atoms with Crippen LogP contribution in [0.3, 0.4) is 0 Å². The molecular formula is C16H22N2O2. The van der Waals surface area contributed by atoms with Crippen molar-refractivity contribution in [2.45, 2.75) is 32.5 Å². The van der Waals surface area contributed by atoms with E-state index in [0.29, 0.717) is 12.6 Å². The van der Waals surface area contributed by atoms with Gasteiger partial charge < -0.3 is 15.4 Å². The van der Waals surface area contributed by atoms with Gasteiger partial charge in [0.1, 0.15) is 6.61 Å². The van der Waals surface area contributed by atoms with Gasteiger partial charge in [-0.2, -0.15) is 0 Å². The molecule has 1 amide bonds. The second-order valence-corrected chi connectivity index (χ2v) is 5.25. The Morgan fingerprint density at radius 1 is 1.30 bits per heavy atom. The first-order valence-corrected chi connectivity index (χ1v) is 7.04. The van der Waals surface area contributed by atoms with Crippen LogP contribution in [0.15, 0.2) is 42.5 Å². The van der Waals surface area contributed by atoms with Crippen molar-refractivity contribution >= 4 is 6.09 Å². The van der Waals surface area contributed by atoms with Crippen LogP contribution in [0.4, 0.5) is 4.79 Å². The van der Waals surface area contributed by atoms with E-state index >= 15 is 0 Å². The Morgan fingerprint density at radius 3 is 2.80 bits per heavy atom. The van der Waals surface area contributed by atoms with Crippen molar-refractivity contribution in [3.63, 3.8) is 0 Å². The van der Waals surface area contributed by atoms with Crippen molar-refractivity contribution in [3.8, 4) is 0 Å². The van der Waals surface area contributed by atoms with Crippen LogP contribution in [0.2, 0.25) is 0 Å². The summed E-state index contributed by atoms with van der Waals surface area (Å²) >= 11 is 0. The Hall–Kier alpha value is -1.81. The number of hydrogen-bond acceptors (Lipinski definition) is 3. The average Bonchev–Trinajstić information content (AvgIpc) is 2.62. The van der Waals surface area contributed by atoms with Gasteiger partial charge in [0.25, 0.3) is 0 Å². The first kappa shape index (κ1) is 14.6. The highest BCUT2D eigenvalue weighted by Gasteiger charge is 2.21. The summed E-state index contributed by atoms with van der Waals surface area (Å²) in [6, 6.07) is 10.1. The summed E-state index contributed by atoms with van der Waals surface area (Å²) in [5.74, 6) is 0.289. The average molecular weight is 274 g/mol. The lowest BCUT2D eigenvalue weighted by Gasteiger charge is -2.21. The number of rotatable bonds is 3. The van der Waals surface area contributed by atoms with Crippen LogP contribution in [0, 0.1) is 5.92 Å². The summed E-state index contributed by atoms with van der Waals surface area (Å²) in [5, 5.41) is 6.27. The fraction of sp³-hybridized carbons (Fsp3) is 0.438. The molecule has 0 unspecified atom stereocenters. The number of carbonyl (C=O) groups excluding carboxylic acids is 1. The number of ether oxygens (including phenoxy) is 1. The summed E-state index contributed by atoms with van der Waals surface area (Å²) in [6.45, 7) is 5.24. The monoisotopic (exact) mass is 274 g/mol. The lowest BCUT2D eigenvalue weighted by molar-refractivity contribution is 0.133. The van der Waals surface area contributed by atoms with E-state index in [1.54, 1.807) is 0 Å². The normalized spacial score (nSPS) is 25.8. The maximum atomic E-state index is 11.8. The van der Waals surface area contributed by atoms with Crippen molar-refractivity contribution < 1.29 is 9.53 Å². The molecule has 0 aliphatic carbocycles. The second-order valence-electron chi connectivity index (χ2n) is 5.25. The minimum Gasteiger partial charge on any atom is -0.445 e. The minimum atomic E-state index is -0.365. The summed E-state index contributed by atoms with van der Waals surface area (Å²) in [4.78, 5) is 11.8. The van der Waals surface area contributed by atoms with E-state index in [9.17, 15) is 4.79 Å². The fourth-order valence-electron chi connectivity index (χ4n) is 2.14. The van der Waals surface area contributed by atoms with Crippen molar-refractivity contribution in [2.75, 3.05) is 6.54 Å². The summed E-state index contributed by atoms with van der Waals surface area (Å²) < 4.78 is 5.24. The molecule has 108 valence electrons. The Balaban J connectivity index is 1.80. The number of hydrogen-bond donors (Lipinski definition) is 2. The SMILES string of the molecule is C[C@@H]1C=C[C@@H](C)[C@H](NC(=O)OCc2ccccc2)CN1. The van der Waals surface area contributed by atoms with Gasteiger partial charge >= 0.3 is 6.09 Å². The van der Waals surface area contributed by atoms with Crippen molar-refractivity contribution in [1.29, 1.82) is 0 Å². The zero-order chi connectivity index (χ0) is 14.4. The van der Waals surface area contributed by atoms with E-state index in [-0.39, 0.29) is 18.1 Å². The van der Waals surface area contributed by atoms with Crippen LogP contribution >= 0.6 is 0 Å². The maximum absolute atomic E-state index is 11.8. The lowest BCUT2D eigenvalue weighted by Crippen LogP contribution is -2.45. The highest BCUT2D eigenvalue weighted by atomic mass is 16.5. The highest BCUT2D eigenvalue weighted by Crippen LogP contribution is 2.10. The van der Waals surface area contributed by atoms with Gasteiger partial charge in [-0.15, -0.1) is 0 Å². The number of amides is 1. The maximum Gasteiger partial charge on any atom is 0.407 e. The molecule has 3 atom stereocenters. The molecule has 2 rings (SSSR count). The molecule has 2 N–H and O–H groups in total. The molecular weight excluding hydrogens is 252 g/mol. The number of benzene rings is 1. The van der Waals surface area contributed by atoms with E-state index in [1.165, 1.54) is 0 Å². The van der Waals surface area contributed by atoms with Crippen LogP contribution in [-0.2, 0) is 11.3 Å². The largest absolute Gasteiger partial charge is 0.445 e. The van der Waals surface area contributed by atoms with Gasteiger partial charge in [-0.05, 0) is 18.4 Å². The third kappa shape index (κ3) is 4.38.